The molecule has 0 saturated carbocycles. The lowest BCUT2D eigenvalue weighted by Gasteiger charge is -2.22. The van der Waals surface area contributed by atoms with E-state index in [1.807, 2.05) is 110 Å². The number of fused-ring (bicyclic) bond motifs is 6. The molecule has 0 bridgehead atoms. The zero-order valence-corrected chi connectivity index (χ0v) is 27.7. The van der Waals surface area contributed by atoms with Crippen LogP contribution in [0.1, 0.15) is 33.4 Å². The van der Waals surface area contributed by atoms with Gasteiger partial charge in [-0.1, -0.05) is 66.7 Å². The Hall–Kier alpha value is -6.31. The number of alkyl halides is 3. The summed E-state index contributed by atoms with van der Waals surface area (Å²) >= 11 is 0. The fraction of sp³-hybridized carbons (Fsp3) is 0.116. The van der Waals surface area contributed by atoms with Crippen LogP contribution in [0.15, 0.2) is 103 Å². The van der Waals surface area contributed by atoms with Crippen molar-refractivity contribution in [3.8, 4) is 28.6 Å². The fourth-order valence-electron chi connectivity index (χ4n) is 7.39. The third-order valence-corrected chi connectivity index (χ3v) is 9.61. The van der Waals surface area contributed by atoms with E-state index in [9.17, 15) is 18.4 Å². The van der Waals surface area contributed by atoms with Crippen molar-refractivity contribution in [1.82, 2.24) is 9.13 Å². The Balaban J connectivity index is 1.62. The molecule has 0 atom stereocenters. The number of nitriles is 1. The standard InChI is InChI=1S/C43H29F3N4/c1-24-9-13-29-30-14-10-25(2)18-38(30)49(37(29)17-24)36-22-33(42-34(43(44,45)46)7-6-8-35(42)48-5)41(21-28(36)23-47)50-39-19-26(3)11-15-31(39)32-16-12-27(4)20-40(32)50/h6-22H,1-4H3. The van der Waals surface area contributed by atoms with Crippen molar-refractivity contribution in [2.24, 2.45) is 0 Å². The van der Waals surface area contributed by atoms with E-state index in [-0.39, 0.29) is 22.4 Å². The van der Waals surface area contributed by atoms with E-state index < -0.39 is 11.7 Å². The van der Waals surface area contributed by atoms with Crippen molar-refractivity contribution in [3.05, 3.63) is 148 Å². The van der Waals surface area contributed by atoms with Crippen LogP contribution < -0.4 is 0 Å². The Kier molecular flexibility index (Phi) is 6.89. The third-order valence-electron chi connectivity index (χ3n) is 9.61. The number of aromatic nitrogens is 2. The van der Waals surface area contributed by atoms with Gasteiger partial charge in [0.05, 0.1) is 51.1 Å². The van der Waals surface area contributed by atoms with E-state index in [4.69, 9.17) is 6.57 Å². The largest absolute Gasteiger partial charge is 0.415 e. The molecule has 0 radical (unpaired) electrons. The second-order valence-corrected chi connectivity index (χ2v) is 13.1. The fourth-order valence-corrected chi connectivity index (χ4v) is 7.39. The Morgan fingerprint density at radius 3 is 1.44 bits per heavy atom. The molecule has 0 amide bonds. The smallest absolute Gasteiger partial charge is 0.309 e. The summed E-state index contributed by atoms with van der Waals surface area (Å²) in [5.41, 5.74) is 7.26. The molecule has 0 saturated heterocycles. The van der Waals surface area contributed by atoms with Crippen LogP contribution in [0.3, 0.4) is 0 Å². The molecule has 50 heavy (non-hydrogen) atoms. The van der Waals surface area contributed by atoms with Gasteiger partial charge in [-0.25, -0.2) is 4.85 Å². The molecular weight excluding hydrogens is 629 g/mol. The van der Waals surface area contributed by atoms with Crippen LogP contribution in [0.5, 0.6) is 0 Å². The molecule has 0 aliphatic heterocycles. The van der Waals surface area contributed by atoms with E-state index in [1.165, 1.54) is 12.1 Å². The first-order chi connectivity index (χ1) is 24.0. The molecule has 0 aliphatic rings. The maximum absolute atomic E-state index is 15.0. The quantitative estimate of drug-likeness (QED) is 0.174. The Morgan fingerprint density at radius 1 is 0.600 bits per heavy atom. The Bertz CT molecular complexity index is 2700. The van der Waals surface area contributed by atoms with Gasteiger partial charge in [0.15, 0.2) is 5.69 Å². The molecule has 242 valence electrons. The van der Waals surface area contributed by atoms with E-state index in [0.717, 1.165) is 71.9 Å². The second kappa shape index (κ2) is 11.1. The van der Waals surface area contributed by atoms with Crippen molar-refractivity contribution in [2.75, 3.05) is 0 Å². The van der Waals surface area contributed by atoms with Crippen molar-refractivity contribution in [3.63, 3.8) is 0 Å². The first kappa shape index (κ1) is 31.0. The van der Waals surface area contributed by atoms with Crippen LogP contribution >= 0.6 is 0 Å². The van der Waals surface area contributed by atoms with Crippen molar-refractivity contribution >= 4 is 49.3 Å². The number of benzene rings is 6. The van der Waals surface area contributed by atoms with E-state index in [0.29, 0.717) is 11.4 Å². The van der Waals surface area contributed by atoms with Crippen LogP contribution in [-0.2, 0) is 6.18 Å². The highest BCUT2D eigenvalue weighted by atomic mass is 19.4. The molecule has 0 fully saturated rings. The molecule has 0 aliphatic carbocycles. The van der Waals surface area contributed by atoms with Gasteiger partial charge in [-0.15, -0.1) is 0 Å². The molecule has 0 unspecified atom stereocenters. The summed E-state index contributed by atoms with van der Waals surface area (Å²) in [5, 5.41) is 14.6. The minimum Gasteiger partial charge on any atom is -0.309 e. The summed E-state index contributed by atoms with van der Waals surface area (Å²) in [4.78, 5) is 3.62. The summed E-state index contributed by atoms with van der Waals surface area (Å²) in [6.45, 7) is 15.9. The van der Waals surface area contributed by atoms with Gasteiger partial charge in [0.2, 0.25) is 0 Å². The van der Waals surface area contributed by atoms with Gasteiger partial charge in [-0.05, 0) is 91.9 Å². The highest BCUT2D eigenvalue weighted by Gasteiger charge is 2.36. The average Bonchev–Trinajstić information content (AvgIpc) is 3.57. The Labute approximate surface area is 286 Å². The minimum absolute atomic E-state index is 0.126. The molecule has 2 aromatic heterocycles. The number of aryl methyl sites for hydroxylation is 4. The Morgan fingerprint density at radius 2 is 1.04 bits per heavy atom. The molecule has 2 heterocycles. The molecule has 4 nitrogen and oxygen atoms in total. The number of nitrogens with zero attached hydrogens (tertiary/aromatic N) is 4. The topological polar surface area (TPSA) is 38.0 Å². The number of halogens is 3. The molecular formula is C43H29F3N4. The predicted octanol–water partition coefficient (Wildman–Crippen LogP) is 12.2. The zero-order chi connectivity index (χ0) is 35.1. The maximum atomic E-state index is 15.0. The number of hydrogen-bond donors (Lipinski definition) is 0. The van der Waals surface area contributed by atoms with Crippen LogP contribution in [0.2, 0.25) is 0 Å². The lowest BCUT2D eigenvalue weighted by molar-refractivity contribution is -0.137. The first-order valence-corrected chi connectivity index (χ1v) is 16.2. The SMILES string of the molecule is [C-]#[N+]c1cccc(C(F)(F)F)c1-c1cc(-n2c3cc(C)ccc3c3ccc(C)cc32)c(C#N)cc1-n1c2cc(C)ccc2c2ccc(C)cc21. The number of rotatable bonds is 3. The highest BCUT2D eigenvalue weighted by Crippen LogP contribution is 2.47. The predicted molar refractivity (Wildman–Crippen MR) is 195 cm³/mol. The summed E-state index contributed by atoms with van der Waals surface area (Å²) in [5.74, 6) is 0. The van der Waals surface area contributed by atoms with Crippen LogP contribution in [0.25, 0.3) is 71.0 Å². The van der Waals surface area contributed by atoms with E-state index >= 15 is 0 Å². The zero-order valence-electron chi connectivity index (χ0n) is 27.7. The summed E-state index contributed by atoms with van der Waals surface area (Å²) in [6, 6.07) is 33.8. The lowest BCUT2D eigenvalue weighted by atomic mass is 9.93. The van der Waals surface area contributed by atoms with E-state index in [1.54, 1.807) is 12.1 Å². The summed E-state index contributed by atoms with van der Waals surface area (Å²) in [6.07, 6.45) is -4.75. The molecule has 0 spiro atoms. The van der Waals surface area contributed by atoms with Gasteiger partial charge in [-0.2, -0.15) is 18.4 Å². The summed E-state index contributed by atoms with van der Waals surface area (Å²) in [7, 11) is 0. The second-order valence-electron chi connectivity index (χ2n) is 13.1. The molecule has 6 aromatic carbocycles. The maximum Gasteiger partial charge on any atom is 0.415 e. The van der Waals surface area contributed by atoms with Crippen LogP contribution in [-0.4, -0.2) is 9.13 Å². The monoisotopic (exact) mass is 658 g/mol. The summed E-state index contributed by atoms with van der Waals surface area (Å²) < 4.78 is 48.9. The van der Waals surface area contributed by atoms with Crippen LogP contribution in [0, 0.1) is 45.6 Å². The van der Waals surface area contributed by atoms with Gasteiger partial charge in [-0.3, -0.25) is 0 Å². The minimum atomic E-state index is -4.75. The molecule has 7 heteroatoms. The number of hydrogen-bond acceptors (Lipinski definition) is 1. The van der Waals surface area contributed by atoms with Crippen molar-refractivity contribution < 1.29 is 13.2 Å². The van der Waals surface area contributed by atoms with Gasteiger partial charge in [0.1, 0.15) is 6.07 Å². The van der Waals surface area contributed by atoms with Crippen molar-refractivity contribution in [2.45, 2.75) is 33.9 Å². The van der Waals surface area contributed by atoms with Crippen LogP contribution in [0.4, 0.5) is 18.9 Å². The molecule has 8 aromatic rings. The highest BCUT2D eigenvalue weighted by molar-refractivity contribution is 6.12. The average molecular weight is 659 g/mol. The normalized spacial score (nSPS) is 11.9. The van der Waals surface area contributed by atoms with Gasteiger partial charge in [0.25, 0.3) is 0 Å². The lowest BCUT2D eigenvalue weighted by Crippen LogP contribution is -2.10. The first-order valence-electron chi connectivity index (χ1n) is 16.2. The third kappa shape index (κ3) is 4.66. The van der Waals surface area contributed by atoms with Gasteiger partial charge >= 0.3 is 6.18 Å². The van der Waals surface area contributed by atoms with Gasteiger partial charge in [0, 0.05) is 27.1 Å². The molecule has 8 rings (SSSR count). The van der Waals surface area contributed by atoms with E-state index in [2.05, 4.69) is 10.9 Å². The van der Waals surface area contributed by atoms with Crippen molar-refractivity contribution in [1.29, 1.82) is 5.26 Å². The molecule has 0 N–H and O–H groups in total. The van der Waals surface area contributed by atoms with Gasteiger partial charge < -0.3 is 9.13 Å².